The normalized spacial score (nSPS) is 11.3. The van der Waals surface area contributed by atoms with Crippen LogP contribution >= 0.6 is 0 Å². The number of alkyl halides is 3. The standard InChI is InChI=1S/C11H7F3N4/c1-7-16-6-18(17-7)9-3-2-8(5-15)10(4-9)11(12,13)14/h2-4,6H,1H3. The molecule has 4 nitrogen and oxygen atoms in total. The molecule has 2 aromatic rings. The lowest BCUT2D eigenvalue weighted by molar-refractivity contribution is -0.137. The van der Waals surface area contributed by atoms with Crippen molar-refractivity contribution in [1.82, 2.24) is 14.8 Å². The van der Waals surface area contributed by atoms with Crippen LogP contribution in [-0.2, 0) is 6.18 Å². The van der Waals surface area contributed by atoms with E-state index >= 15 is 0 Å². The molecule has 0 bridgehead atoms. The summed E-state index contributed by atoms with van der Waals surface area (Å²) in [5.41, 5.74) is -1.18. The molecule has 0 saturated heterocycles. The van der Waals surface area contributed by atoms with Crippen LogP contribution in [0.4, 0.5) is 13.2 Å². The predicted octanol–water partition coefficient (Wildman–Crippen LogP) is 2.47. The highest BCUT2D eigenvalue weighted by atomic mass is 19.4. The zero-order chi connectivity index (χ0) is 13.3. The monoisotopic (exact) mass is 252 g/mol. The highest BCUT2D eigenvalue weighted by Crippen LogP contribution is 2.32. The Bertz CT molecular complexity index is 622. The van der Waals surface area contributed by atoms with Gasteiger partial charge in [0.05, 0.1) is 22.9 Å². The fourth-order valence-electron chi connectivity index (χ4n) is 1.48. The first-order valence-corrected chi connectivity index (χ1v) is 4.92. The van der Waals surface area contributed by atoms with Crippen LogP contribution in [0.15, 0.2) is 24.5 Å². The molecule has 92 valence electrons. The summed E-state index contributed by atoms with van der Waals surface area (Å²) >= 11 is 0. The molecular weight excluding hydrogens is 245 g/mol. The summed E-state index contributed by atoms with van der Waals surface area (Å²) in [6, 6.07) is 4.91. The van der Waals surface area contributed by atoms with Gasteiger partial charge in [0.15, 0.2) is 0 Å². The summed E-state index contributed by atoms with van der Waals surface area (Å²) in [7, 11) is 0. The minimum atomic E-state index is -4.57. The third kappa shape index (κ3) is 2.18. The van der Waals surface area contributed by atoms with Crippen molar-refractivity contribution in [3.63, 3.8) is 0 Å². The van der Waals surface area contributed by atoms with E-state index in [0.29, 0.717) is 5.82 Å². The highest BCUT2D eigenvalue weighted by molar-refractivity contribution is 5.46. The zero-order valence-electron chi connectivity index (χ0n) is 9.23. The Hall–Kier alpha value is -2.36. The average Bonchev–Trinajstić information content (AvgIpc) is 2.74. The van der Waals surface area contributed by atoms with Crippen LogP contribution in [0, 0.1) is 18.3 Å². The molecule has 0 amide bonds. The largest absolute Gasteiger partial charge is 0.417 e. The second-order valence-electron chi connectivity index (χ2n) is 3.58. The number of halogens is 3. The van der Waals surface area contributed by atoms with Gasteiger partial charge in [-0.25, -0.2) is 9.67 Å². The summed E-state index contributed by atoms with van der Waals surface area (Å²) in [4.78, 5) is 3.83. The van der Waals surface area contributed by atoms with Gasteiger partial charge in [-0.3, -0.25) is 0 Å². The van der Waals surface area contributed by atoms with E-state index in [4.69, 9.17) is 5.26 Å². The predicted molar refractivity (Wildman–Crippen MR) is 55.8 cm³/mol. The van der Waals surface area contributed by atoms with Gasteiger partial charge >= 0.3 is 6.18 Å². The van der Waals surface area contributed by atoms with Gasteiger partial charge in [0, 0.05) is 0 Å². The number of hydrogen-bond donors (Lipinski definition) is 0. The number of aryl methyl sites for hydroxylation is 1. The first kappa shape index (κ1) is 12.1. The van der Waals surface area contributed by atoms with Gasteiger partial charge in [-0.05, 0) is 25.1 Å². The number of nitrogens with zero attached hydrogens (tertiary/aromatic N) is 4. The van der Waals surface area contributed by atoms with Crippen molar-refractivity contribution in [1.29, 1.82) is 5.26 Å². The van der Waals surface area contributed by atoms with Gasteiger partial charge in [0.25, 0.3) is 0 Å². The molecule has 0 spiro atoms. The Morgan fingerprint density at radius 1 is 1.33 bits per heavy atom. The molecule has 1 heterocycles. The van der Waals surface area contributed by atoms with Gasteiger partial charge in [-0.2, -0.15) is 23.5 Å². The van der Waals surface area contributed by atoms with Crippen molar-refractivity contribution >= 4 is 0 Å². The molecular formula is C11H7F3N4. The SMILES string of the molecule is Cc1ncn(-c2ccc(C#N)c(C(F)(F)F)c2)n1. The van der Waals surface area contributed by atoms with Gasteiger partial charge < -0.3 is 0 Å². The Morgan fingerprint density at radius 3 is 2.56 bits per heavy atom. The van der Waals surface area contributed by atoms with Gasteiger partial charge in [0.2, 0.25) is 0 Å². The van der Waals surface area contributed by atoms with Crippen LogP contribution in [0.3, 0.4) is 0 Å². The first-order chi connectivity index (χ1) is 8.41. The summed E-state index contributed by atoms with van der Waals surface area (Å²) in [5.74, 6) is 0.452. The summed E-state index contributed by atoms with van der Waals surface area (Å²) < 4.78 is 39.4. The molecule has 2 rings (SSSR count). The average molecular weight is 252 g/mol. The summed E-state index contributed by atoms with van der Waals surface area (Å²) in [6.07, 6.45) is -3.26. The molecule has 0 N–H and O–H groups in total. The number of hydrogen-bond acceptors (Lipinski definition) is 3. The maximum absolute atomic E-state index is 12.7. The smallest absolute Gasteiger partial charge is 0.221 e. The fraction of sp³-hybridized carbons (Fsp3) is 0.182. The van der Waals surface area contributed by atoms with Crippen molar-refractivity contribution in [3.8, 4) is 11.8 Å². The van der Waals surface area contributed by atoms with E-state index < -0.39 is 17.3 Å². The van der Waals surface area contributed by atoms with Gasteiger partial charge in [0.1, 0.15) is 12.2 Å². The van der Waals surface area contributed by atoms with E-state index in [2.05, 4.69) is 10.1 Å². The van der Waals surface area contributed by atoms with E-state index in [1.807, 2.05) is 0 Å². The molecule has 7 heteroatoms. The minimum absolute atomic E-state index is 0.210. The van der Waals surface area contributed by atoms with Crippen LogP contribution in [0.25, 0.3) is 5.69 Å². The molecule has 18 heavy (non-hydrogen) atoms. The highest BCUT2D eigenvalue weighted by Gasteiger charge is 2.34. The lowest BCUT2D eigenvalue weighted by Gasteiger charge is -2.10. The molecule has 0 unspecified atom stereocenters. The maximum atomic E-state index is 12.7. The van der Waals surface area contributed by atoms with Crippen molar-refractivity contribution in [2.45, 2.75) is 13.1 Å². The number of benzene rings is 1. The van der Waals surface area contributed by atoms with E-state index in [1.165, 1.54) is 23.1 Å². The Balaban J connectivity index is 2.57. The second-order valence-corrected chi connectivity index (χ2v) is 3.58. The van der Waals surface area contributed by atoms with Gasteiger partial charge in [-0.1, -0.05) is 0 Å². The van der Waals surface area contributed by atoms with Crippen molar-refractivity contribution in [2.75, 3.05) is 0 Å². The van der Waals surface area contributed by atoms with Crippen LogP contribution in [0.1, 0.15) is 17.0 Å². The molecule has 0 aliphatic carbocycles. The Kier molecular flexibility index (Phi) is 2.79. The Labute approximate surface area is 100 Å². The summed E-state index contributed by atoms with van der Waals surface area (Å²) in [6.45, 7) is 1.63. The third-order valence-corrected chi connectivity index (χ3v) is 2.30. The van der Waals surface area contributed by atoms with Crippen molar-refractivity contribution in [3.05, 3.63) is 41.5 Å². The Morgan fingerprint density at radius 2 is 2.06 bits per heavy atom. The molecule has 0 atom stereocenters. The third-order valence-electron chi connectivity index (χ3n) is 2.30. The van der Waals surface area contributed by atoms with E-state index in [1.54, 1.807) is 6.92 Å². The second kappa shape index (κ2) is 4.14. The van der Waals surface area contributed by atoms with Crippen molar-refractivity contribution < 1.29 is 13.2 Å². The number of nitriles is 1. The van der Waals surface area contributed by atoms with Crippen molar-refractivity contribution in [2.24, 2.45) is 0 Å². The molecule has 0 aliphatic rings. The van der Waals surface area contributed by atoms with E-state index in [9.17, 15) is 13.2 Å². The van der Waals surface area contributed by atoms with E-state index in [-0.39, 0.29) is 5.69 Å². The van der Waals surface area contributed by atoms with Crippen LogP contribution in [0.2, 0.25) is 0 Å². The zero-order valence-corrected chi connectivity index (χ0v) is 9.23. The maximum Gasteiger partial charge on any atom is 0.417 e. The van der Waals surface area contributed by atoms with Crippen LogP contribution in [-0.4, -0.2) is 14.8 Å². The van der Waals surface area contributed by atoms with E-state index in [0.717, 1.165) is 12.1 Å². The molecule has 0 aliphatic heterocycles. The minimum Gasteiger partial charge on any atom is -0.221 e. The lowest BCUT2D eigenvalue weighted by Crippen LogP contribution is -2.09. The molecule has 1 aromatic carbocycles. The number of rotatable bonds is 1. The molecule has 0 radical (unpaired) electrons. The quantitative estimate of drug-likeness (QED) is 0.783. The number of aromatic nitrogens is 3. The molecule has 0 fully saturated rings. The van der Waals surface area contributed by atoms with Crippen LogP contribution < -0.4 is 0 Å². The fourth-order valence-corrected chi connectivity index (χ4v) is 1.48. The van der Waals surface area contributed by atoms with Crippen LogP contribution in [0.5, 0.6) is 0 Å². The molecule has 1 aromatic heterocycles. The first-order valence-electron chi connectivity index (χ1n) is 4.92. The summed E-state index contributed by atoms with van der Waals surface area (Å²) in [5, 5.41) is 12.6. The topological polar surface area (TPSA) is 54.5 Å². The van der Waals surface area contributed by atoms with Gasteiger partial charge in [-0.15, -0.1) is 0 Å². The lowest BCUT2D eigenvalue weighted by atomic mass is 10.1. The molecule has 0 saturated carbocycles.